The van der Waals surface area contributed by atoms with Crippen molar-refractivity contribution in [2.45, 2.75) is 6.61 Å². The molecule has 2 N–H and O–H groups in total. The van der Waals surface area contributed by atoms with Gasteiger partial charge in [0.05, 0.1) is 19.9 Å². The van der Waals surface area contributed by atoms with E-state index in [1.54, 1.807) is 13.2 Å². The summed E-state index contributed by atoms with van der Waals surface area (Å²) in [6, 6.07) is 10.5. The number of nitrogen functional groups attached to an aromatic ring is 1. The Kier molecular flexibility index (Phi) is 4.61. The number of hydrogen-bond donors (Lipinski definition) is 1. The topological polar surface area (TPSA) is 83.7 Å². The monoisotopic (exact) mass is 288 g/mol. The number of carbonyl (C=O) groups excluding carboxylic acids is 1. The van der Waals surface area contributed by atoms with Gasteiger partial charge in [-0.25, -0.2) is 9.78 Å². The number of esters is 1. The van der Waals surface area contributed by atoms with E-state index in [4.69, 9.17) is 15.2 Å². The summed E-state index contributed by atoms with van der Waals surface area (Å²) >= 11 is 0. The van der Waals surface area contributed by atoms with E-state index in [0.29, 0.717) is 5.69 Å². The van der Waals surface area contributed by atoms with E-state index < -0.39 is 5.97 Å². The number of ether oxygens (including phenoxy) is 3. The maximum Gasteiger partial charge on any atom is 0.356 e. The maximum atomic E-state index is 11.4. The molecule has 21 heavy (non-hydrogen) atoms. The first-order valence-electron chi connectivity index (χ1n) is 6.24. The minimum atomic E-state index is -0.538. The Morgan fingerprint density at radius 1 is 1.14 bits per heavy atom. The van der Waals surface area contributed by atoms with Crippen molar-refractivity contribution in [3.63, 3.8) is 0 Å². The van der Waals surface area contributed by atoms with Crippen molar-refractivity contribution < 1.29 is 19.0 Å². The Hall–Kier alpha value is -2.76. The summed E-state index contributed by atoms with van der Waals surface area (Å²) in [6.07, 6.45) is 0. The standard InChI is InChI=1S/C15H16N2O4/c1-19-11-5-3-10(4-6-11)9-21-14-12(16)7-8-13(17-14)15(18)20-2/h3-8H,9,16H2,1-2H3. The molecule has 110 valence electrons. The van der Waals surface area contributed by atoms with Gasteiger partial charge in [-0.1, -0.05) is 12.1 Å². The van der Waals surface area contributed by atoms with Gasteiger partial charge >= 0.3 is 5.97 Å². The fourth-order valence-electron chi connectivity index (χ4n) is 1.66. The number of anilines is 1. The fourth-order valence-corrected chi connectivity index (χ4v) is 1.66. The van der Waals surface area contributed by atoms with E-state index in [1.165, 1.54) is 13.2 Å². The van der Waals surface area contributed by atoms with Crippen LogP contribution in [0.25, 0.3) is 0 Å². The Bertz CT molecular complexity index is 626. The van der Waals surface area contributed by atoms with Crippen LogP contribution >= 0.6 is 0 Å². The minimum Gasteiger partial charge on any atom is -0.497 e. The van der Waals surface area contributed by atoms with Crippen molar-refractivity contribution in [1.29, 1.82) is 0 Å². The number of nitrogens with zero attached hydrogens (tertiary/aromatic N) is 1. The molecule has 1 aromatic carbocycles. The van der Waals surface area contributed by atoms with Crippen LogP contribution < -0.4 is 15.2 Å². The van der Waals surface area contributed by atoms with E-state index >= 15 is 0 Å². The highest BCUT2D eigenvalue weighted by molar-refractivity contribution is 5.87. The molecule has 6 nitrogen and oxygen atoms in total. The molecule has 0 spiro atoms. The molecular weight excluding hydrogens is 272 g/mol. The highest BCUT2D eigenvalue weighted by atomic mass is 16.5. The van der Waals surface area contributed by atoms with Crippen LogP contribution in [0.4, 0.5) is 5.69 Å². The largest absolute Gasteiger partial charge is 0.497 e. The third-order valence-corrected chi connectivity index (χ3v) is 2.82. The van der Waals surface area contributed by atoms with Gasteiger partial charge in [0.1, 0.15) is 12.4 Å². The number of hydrogen-bond acceptors (Lipinski definition) is 6. The van der Waals surface area contributed by atoms with Gasteiger partial charge in [-0.15, -0.1) is 0 Å². The van der Waals surface area contributed by atoms with E-state index in [0.717, 1.165) is 11.3 Å². The van der Waals surface area contributed by atoms with Crippen molar-refractivity contribution in [3.05, 3.63) is 47.7 Å². The van der Waals surface area contributed by atoms with Crippen molar-refractivity contribution in [2.75, 3.05) is 20.0 Å². The summed E-state index contributed by atoms with van der Waals surface area (Å²) in [5.41, 5.74) is 7.22. The highest BCUT2D eigenvalue weighted by Gasteiger charge is 2.11. The Balaban J connectivity index is 2.09. The SMILES string of the molecule is COC(=O)c1ccc(N)c(OCc2ccc(OC)cc2)n1. The first-order valence-corrected chi connectivity index (χ1v) is 6.24. The lowest BCUT2D eigenvalue weighted by Gasteiger charge is -2.09. The predicted molar refractivity (Wildman–Crippen MR) is 77.3 cm³/mol. The molecule has 0 aliphatic carbocycles. The fraction of sp³-hybridized carbons (Fsp3) is 0.200. The quantitative estimate of drug-likeness (QED) is 0.848. The molecule has 2 rings (SSSR count). The average Bonchev–Trinajstić information content (AvgIpc) is 2.53. The van der Waals surface area contributed by atoms with Gasteiger partial charge in [0, 0.05) is 0 Å². The molecule has 1 heterocycles. The average molecular weight is 288 g/mol. The van der Waals surface area contributed by atoms with Crippen LogP contribution in [-0.4, -0.2) is 25.2 Å². The lowest BCUT2D eigenvalue weighted by Crippen LogP contribution is -2.08. The summed E-state index contributed by atoms with van der Waals surface area (Å²) < 4.78 is 15.2. The van der Waals surface area contributed by atoms with E-state index in [2.05, 4.69) is 9.72 Å². The molecule has 0 unspecified atom stereocenters. The van der Waals surface area contributed by atoms with Crippen molar-refractivity contribution >= 4 is 11.7 Å². The van der Waals surface area contributed by atoms with Gasteiger partial charge in [-0.05, 0) is 29.8 Å². The second-order valence-electron chi connectivity index (χ2n) is 4.22. The van der Waals surface area contributed by atoms with Crippen LogP contribution in [-0.2, 0) is 11.3 Å². The highest BCUT2D eigenvalue weighted by Crippen LogP contribution is 2.20. The van der Waals surface area contributed by atoms with E-state index in [1.807, 2.05) is 24.3 Å². The van der Waals surface area contributed by atoms with Gasteiger partial charge in [0.2, 0.25) is 5.88 Å². The molecule has 0 atom stereocenters. The number of nitrogens with two attached hydrogens (primary N) is 1. The van der Waals surface area contributed by atoms with Crippen LogP contribution in [0.2, 0.25) is 0 Å². The molecule has 1 aromatic heterocycles. The van der Waals surface area contributed by atoms with Crippen molar-refractivity contribution in [1.82, 2.24) is 4.98 Å². The molecule has 6 heteroatoms. The summed E-state index contributed by atoms with van der Waals surface area (Å²) in [4.78, 5) is 15.5. The van der Waals surface area contributed by atoms with Crippen LogP contribution in [0.3, 0.4) is 0 Å². The third kappa shape index (κ3) is 3.62. The number of rotatable bonds is 5. The van der Waals surface area contributed by atoms with E-state index in [9.17, 15) is 4.79 Å². The first-order chi connectivity index (χ1) is 10.1. The van der Waals surface area contributed by atoms with Gasteiger partial charge in [-0.2, -0.15) is 0 Å². The zero-order valence-electron chi connectivity index (χ0n) is 11.8. The number of methoxy groups -OCH3 is 2. The van der Waals surface area contributed by atoms with Crippen LogP contribution in [0.15, 0.2) is 36.4 Å². The smallest absolute Gasteiger partial charge is 0.356 e. The second-order valence-corrected chi connectivity index (χ2v) is 4.22. The van der Waals surface area contributed by atoms with Gasteiger partial charge in [-0.3, -0.25) is 0 Å². The first kappa shape index (κ1) is 14.6. The maximum absolute atomic E-state index is 11.4. The van der Waals surface area contributed by atoms with Crippen molar-refractivity contribution in [2.24, 2.45) is 0 Å². The molecular formula is C15H16N2O4. The zero-order chi connectivity index (χ0) is 15.2. The van der Waals surface area contributed by atoms with Crippen LogP contribution in [0, 0.1) is 0 Å². The molecule has 0 amide bonds. The molecule has 0 aliphatic rings. The Morgan fingerprint density at radius 3 is 2.48 bits per heavy atom. The third-order valence-electron chi connectivity index (χ3n) is 2.82. The Morgan fingerprint density at radius 2 is 1.86 bits per heavy atom. The molecule has 0 bridgehead atoms. The van der Waals surface area contributed by atoms with Gasteiger partial charge < -0.3 is 19.9 Å². The molecule has 0 saturated heterocycles. The minimum absolute atomic E-state index is 0.149. The summed E-state index contributed by atoms with van der Waals surface area (Å²) in [7, 11) is 2.90. The predicted octanol–water partition coefficient (Wildman–Crippen LogP) is 2.04. The molecule has 0 radical (unpaired) electrons. The lowest BCUT2D eigenvalue weighted by molar-refractivity contribution is 0.0592. The number of pyridine rings is 1. The van der Waals surface area contributed by atoms with E-state index in [-0.39, 0.29) is 18.2 Å². The van der Waals surface area contributed by atoms with Gasteiger partial charge in [0.15, 0.2) is 5.69 Å². The number of aromatic nitrogens is 1. The van der Waals surface area contributed by atoms with Crippen molar-refractivity contribution in [3.8, 4) is 11.6 Å². The zero-order valence-corrected chi connectivity index (χ0v) is 11.8. The summed E-state index contributed by atoms with van der Waals surface area (Å²) in [5, 5.41) is 0. The summed E-state index contributed by atoms with van der Waals surface area (Å²) in [6.45, 7) is 0.284. The van der Waals surface area contributed by atoms with Gasteiger partial charge in [0.25, 0.3) is 0 Å². The van der Waals surface area contributed by atoms with Crippen LogP contribution in [0.1, 0.15) is 16.1 Å². The molecule has 2 aromatic rings. The summed E-state index contributed by atoms with van der Waals surface area (Å²) in [5.74, 6) is 0.432. The normalized spacial score (nSPS) is 10.0. The van der Waals surface area contributed by atoms with Crippen LogP contribution in [0.5, 0.6) is 11.6 Å². The molecule has 0 aliphatic heterocycles. The lowest BCUT2D eigenvalue weighted by atomic mass is 10.2. The molecule has 0 saturated carbocycles. The second kappa shape index (κ2) is 6.60. The number of carbonyl (C=O) groups is 1. The molecule has 0 fully saturated rings. The Labute approximate surface area is 122 Å². The number of benzene rings is 1.